The van der Waals surface area contributed by atoms with Gasteiger partial charge in [0.05, 0.1) is 12.0 Å². The van der Waals surface area contributed by atoms with Gasteiger partial charge in [-0.1, -0.05) is 79.7 Å². The van der Waals surface area contributed by atoms with Crippen molar-refractivity contribution in [3.63, 3.8) is 0 Å². The summed E-state index contributed by atoms with van der Waals surface area (Å²) in [5.41, 5.74) is 1.83. The second-order valence-corrected chi connectivity index (χ2v) is 15.0. The number of esters is 1. The van der Waals surface area contributed by atoms with E-state index in [0.717, 1.165) is 31.3 Å². The zero-order valence-electron chi connectivity index (χ0n) is 25.8. The van der Waals surface area contributed by atoms with Gasteiger partial charge in [0.15, 0.2) is 0 Å². The Morgan fingerprint density at radius 1 is 1.08 bits per heavy atom. The summed E-state index contributed by atoms with van der Waals surface area (Å²) in [5.74, 6) is -1.04. The first-order valence-corrected chi connectivity index (χ1v) is 15.0. The Labute approximate surface area is 236 Å². The lowest BCUT2D eigenvalue weighted by atomic mass is 9.42. The van der Waals surface area contributed by atoms with Crippen LogP contribution in [0, 0.1) is 44.8 Å². The minimum atomic E-state index is -0.774. The maximum atomic E-state index is 12.9. The maximum absolute atomic E-state index is 12.9. The molecule has 0 bridgehead atoms. The molecule has 0 aromatic carbocycles. The van der Waals surface area contributed by atoms with Gasteiger partial charge in [0.25, 0.3) is 0 Å². The SMILES string of the molecule is C=C(CC[C@@H](C(=O)O)[C@@]1(C)C[C@H](OC(C)=O)[C@@]2(C)C3=CC[C@]4(C)[C@H](CC[C@H](O)C4(C)C)C3=CC[C@]12C)C(C)C. The summed E-state index contributed by atoms with van der Waals surface area (Å²) in [6, 6.07) is 0. The van der Waals surface area contributed by atoms with Crippen LogP contribution in [0.15, 0.2) is 35.5 Å². The number of aliphatic hydroxyl groups is 1. The van der Waals surface area contributed by atoms with Gasteiger partial charge in [0.1, 0.15) is 6.10 Å². The van der Waals surface area contributed by atoms with Gasteiger partial charge in [-0.15, -0.1) is 0 Å². The number of carbonyl (C=O) groups excluding carboxylic acids is 1. The van der Waals surface area contributed by atoms with Crippen molar-refractivity contribution in [2.75, 3.05) is 0 Å². The molecule has 4 rings (SSSR count). The van der Waals surface area contributed by atoms with E-state index in [1.807, 2.05) is 0 Å². The molecule has 4 aliphatic carbocycles. The van der Waals surface area contributed by atoms with Gasteiger partial charge >= 0.3 is 11.9 Å². The number of rotatable bonds is 7. The molecule has 0 amide bonds. The highest BCUT2D eigenvalue weighted by Gasteiger charge is 2.72. The number of allylic oxidation sites excluding steroid dienone is 4. The van der Waals surface area contributed by atoms with Crippen LogP contribution in [0.5, 0.6) is 0 Å². The average molecular weight is 541 g/mol. The Morgan fingerprint density at radius 3 is 2.28 bits per heavy atom. The first kappa shape index (κ1) is 30.1. The Kier molecular flexibility index (Phi) is 7.41. The second kappa shape index (κ2) is 9.60. The molecule has 8 atom stereocenters. The van der Waals surface area contributed by atoms with Crippen LogP contribution in [0.2, 0.25) is 0 Å². The first-order valence-electron chi connectivity index (χ1n) is 15.0. The Hall–Kier alpha value is -1.88. The lowest BCUT2D eigenvalue weighted by Crippen LogP contribution is -2.57. The fourth-order valence-electron chi connectivity index (χ4n) is 9.33. The molecule has 4 aliphatic rings. The average Bonchev–Trinajstić information content (AvgIpc) is 2.99. The van der Waals surface area contributed by atoms with Crippen molar-refractivity contribution >= 4 is 11.9 Å². The van der Waals surface area contributed by atoms with Crippen LogP contribution in [-0.2, 0) is 14.3 Å². The maximum Gasteiger partial charge on any atom is 0.307 e. The molecule has 0 saturated heterocycles. The van der Waals surface area contributed by atoms with Crippen LogP contribution in [0.3, 0.4) is 0 Å². The predicted octanol–water partition coefficient (Wildman–Crippen LogP) is 7.50. The number of carbonyl (C=O) groups is 2. The zero-order chi connectivity index (χ0) is 29.3. The van der Waals surface area contributed by atoms with Gasteiger partial charge in [0, 0.05) is 12.3 Å². The molecule has 39 heavy (non-hydrogen) atoms. The van der Waals surface area contributed by atoms with Gasteiger partial charge in [0.2, 0.25) is 0 Å². The minimum absolute atomic E-state index is 0.0796. The van der Waals surface area contributed by atoms with Crippen molar-refractivity contribution in [2.24, 2.45) is 44.8 Å². The molecule has 0 unspecified atom stereocenters. The van der Waals surface area contributed by atoms with Crippen LogP contribution in [0.1, 0.15) is 107 Å². The normalized spacial score (nSPS) is 41.5. The van der Waals surface area contributed by atoms with Crippen LogP contribution in [0.25, 0.3) is 0 Å². The summed E-state index contributed by atoms with van der Waals surface area (Å²) >= 11 is 0. The van der Waals surface area contributed by atoms with E-state index >= 15 is 0 Å². The van der Waals surface area contributed by atoms with Crippen LogP contribution in [-0.4, -0.2) is 34.4 Å². The molecule has 0 aromatic heterocycles. The zero-order valence-corrected chi connectivity index (χ0v) is 25.8. The van der Waals surface area contributed by atoms with Crippen molar-refractivity contribution in [3.8, 4) is 0 Å². The third-order valence-corrected chi connectivity index (χ3v) is 13.1. The Bertz CT molecular complexity index is 1110. The number of fused-ring (bicyclic) bond motifs is 5. The highest BCUT2D eigenvalue weighted by Crippen LogP contribution is 2.75. The van der Waals surface area contributed by atoms with E-state index in [2.05, 4.69) is 74.1 Å². The van der Waals surface area contributed by atoms with Gasteiger partial charge < -0.3 is 14.9 Å². The predicted molar refractivity (Wildman–Crippen MR) is 155 cm³/mol. The molecule has 5 nitrogen and oxygen atoms in total. The summed E-state index contributed by atoms with van der Waals surface area (Å²) in [4.78, 5) is 25.4. The third kappa shape index (κ3) is 4.03. The second-order valence-electron chi connectivity index (χ2n) is 15.0. The van der Waals surface area contributed by atoms with E-state index in [0.29, 0.717) is 31.1 Å². The molecule has 0 aliphatic heterocycles. The van der Waals surface area contributed by atoms with E-state index < -0.39 is 34.2 Å². The van der Waals surface area contributed by atoms with Gasteiger partial charge in [-0.05, 0) is 89.6 Å². The van der Waals surface area contributed by atoms with Crippen LogP contribution >= 0.6 is 0 Å². The van der Waals surface area contributed by atoms with E-state index in [1.165, 1.54) is 18.1 Å². The minimum Gasteiger partial charge on any atom is -0.481 e. The van der Waals surface area contributed by atoms with Crippen molar-refractivity contribution in [3.05, 3.63) is 35.5 Å². The topological polar surface area (TPSA) is 83.8 Å². The summed E-state index contributed by atoms with van der Waals surface area (Å²) in [5, 5.41) is 21.6. The van der Waals surface area contributed by atoms with Crippen molar-refractivity contribution in [2.45, 2.75) is 119 Å². The smallest absolute Gasteiger partial charge is 0.307 e. The Morgan fingerprint density at radius 2 is 1.72 bits per heavy atom. The molecule has 2 fully saturated rings. The summed E-state index contributed by atoms with van der Waals surface area (Å²) in [7, 11) is 0. The number of carboxylic acids is 1. The third-order valence-electron chi connectivity index (χ3n) is 13.1. The summed E-state index contributed by atoms with van der Waals surface area (Å²) in [6.07, 6.45) is 9.05. The molecule has 218 valence electrons. The molecule has 2 N–H and O–H groups in total. The largest absolute Gasteiger partial charge is 0.481 e. The van der Waals surface area contributed by atoms with Crippen LogP contribution < -0.4 is 0 Å². The lowest BCUT2D eigenvalue weighted by Gasteiger charge is -2.62. The standard InChI is InChI=1S/C34H52O5/c1-20(2)21(3)11-12-26(29(37)38)32(8)19-28(39-22(4)35)34(10)25-16-17-31(7)24(13-14-27(36)30(31,5)6)23(25)15-18-33(32,34)9/h15-16,20,24,26-28,36H,3,11-14,17-19H2,1-2,4-10H3,(H,37,38)/t24-,26+,27+,28+,31-,32-,33-,34-/m1/s1. The fourth-order valence-corrected chi connectivity index (χ4v) is 9.33. The molecule has 0 aromatic rings. The number of aliphatic carboxylic acids is 1. The van der Waals surface area contributed by atoms with E-state index in [-0.39, 0.29) is 22.9 Å². The van der Waals surface area contributed by atoms with Crippen LogP contribution in [0.4, 0.5) is 0 Å². The monoisotopic (exact) mass is 540 g/mol. The molecular formula is C34H52O5. The first-order chi connectivity index (χ1) is 17.9. The van der Waals surface area contributed by atoms with Gasteiger partial charge in [-0.2, -0.15) is 0 Å². The van der Waals surface area contributed by atoms with Gasteiger partial charge in [-0.25, -0.2) is 0 Å². The number of hydrogen-bond donors (Lipinski definition) is 2. The number of hydrogen-bond acceptors (Lipinski definition) is 4. The van der Waals surface area contributed by atoms with Crippen molar-refractivity contribution < 1.29 is 24.5 Å². The number of ether oxygens (including phenoxy) is 1. The number of carboxylic acid groups (broad SMARTS) is 1. The Balaban J connectivity index is 1.84. The molecule has 0 radical (unpaired) electrons. The summed E-state index contributed by atoms with van der Waals surface area (Å²) in [6.45, 7) is 23.3. The summed E-state index contributed by atoms with van der Waals surface area (Å²) < 4.78 is 6.15. The molecule has 5 heteroatoms. The van der Waals surface area contributed by atoms with E-state index in [4.69, 9.17) is 4.74 Å². The van der Waals surface area contributed by atoms with E-state index in [9.17, 15) is 19.8 Å². The molecule has 2 saturated carbocycles. The molecule has 0 heterocycles. The highest BCUT2D eigenvalue weighted by atomic mass is 16.5. The van der Waals surface area contributed by atoms with Gasteiger partial charge in [-0.3, -0.25) is 9.59 Å². The van der Waals surface area contributed by atoms with Crippen molar-refractivity contribution in [1.29, 1.82) is 0 Å². The highest BCUT2D eigenvalue weighted by molar-refractivity contribution is 5.72. The quantitative estimate of drug-likeness (QED) is 0.258. The van der Waals surface area contributed by atoms with E-state index in [1.54, 1.807) is 0 Å². The number of aliphatic hydroxyl groups excluding tert-OH is 1. The molecular weight excluding hydrogens is 488 g/mol. The fraction of sp³-hybridized carbons (Fsp3) is 0.765. The van der Waals surface area contributed by atoms with Crippen molar-refractivity contribution in [1.82, 2.24) is 0 Å². The molecule has 0 spiro atoms. The lowest BCUT2D eigenvalue weighted by molar-refractivity contribution is -0.155.